The summed E-state index contributed by atoms with van der Waals surface area (Å²) in [5.41, 5.74) is 2.97. The molecule has 0 aliphatic heterocycles. The molecule has 0 spiro atoms. The first-order valence-corrected chi connectivity index (χ1v) is 8.58. The molecule has 0 aliphatic rings. The summed E-state index contributed by atoms with van der Waals surface area (Å²) in [5, 5.41) is 2.70. The second kappa shape index (κ2) is 7.85. The number of fused-ring (bicyclic) bond motifs is 1. The summed E-state index contributed by atoms with van der Waals surface area (Å²) in [6.07, 6.45) is 0.225. The number of anilines is 1. The molecule has 0 saturated heterocycles. The van der Waals surface area contributed by atoms with Crippen LogP contribution in [-0.4, -0.2) is 27.2 Å². The molecular weight excluding hydrogens is 338 g/mol. The third kappa shape index (κ3) is 4.39. The van der Waals surface area contributed by atoms with Crippen LogP contribution in [0.15, 0.2) is 48.5 Å². The molecule has 1 aromatic heterocycles. The Labute approximate surface area is 149 Å². The molecule has 0 radical (unpaired) electrons. The summed E-state index contributed by atoms with van der Waals surface area (Å²) in [6.45, 7) is 1.63. The minimum absolute atomic E-state index is 0.0339. The maximum Gasteiger partial charge on any atom is 0.306 e. The quantitative estimate of drug-likeness (QED) is 0.686. The van der Waals surface area contributed by atoms with Crippen molar-refractivity contribution >= 4 is 40.3 Å². The molecule has 1 N–H and O–H groups in total. The molecule has 128 valence electrons. The van der Waals surface area contributed by atoms with Crippen LogP contribution in [0.25, 0.3) is 11.0 Å². The number of esters is 1. The highest BCUT2D eigenvalue weighted by Gasteiger charge is 2.14. The molecule has 2 aromatic carbocycles. The molecule has 1 amide bonds. The second-order valence-electron chi connectivity index (χ2n) is 5.66. The fourth-order valence-corrected chi connectivity index (χ4v) is 3.00. The monoisotopic (exact) mass is 355 g/mol. The Morgan fingerprint density at radius 1 is 1.12 bits per heavy atom. The average molecular weight is 355 g/mol. The van der Waals surface area contributed by atoms with E-state index in [4.69, 9.17) is 4.74 Å². The van der Waals surface area contributed by atoms with Crippen LogP contribution < -0.4 is 5.32 Å². The van der Waals surface area contributed by atoms with Gasteiger partial charge in [-0.2, -0.15) is 8.75 Å². The first-order valence-electron chi connectivity index (χ1n) is 7.85. The number of nitrogens with zero attached hydrogens (tertiary/aromatic N) is 2. The van der Waals surface area contributed by atoms with Gasteiger partial charge in [0.05, 0.1) is 23.8 Å². The highest BCUT2D eigenvalue weighted by molar-refractivity contribution is 7.00. The van der Waals surface area contributed by atoms with Crippen molar-refractivity contribution in [2.75, 3.05) is 11.9 Å². The van der Waals surface area contributed by atoms with Gasteiger partial charge in [0.25, 0.3) is 5.91 Å². The van der Waals surface area contributed by atoms with Gasteiger partial charge in [0.15, 0.2) is 6.61 Å². The fourth-order valence-electron chi connectivity index (χ4n) is 2.45. The summed E-state index contributed by atoms with van der Waals surface area (Å²) >= 11 is 1.08. The van der Waals surface area contributed by atoms with E-state index >= 15 is 0 Å². The van der Waals surface area contributed by atoms with Crippen LogP contribution in [0.4, 0.5) is 5.69 Å². The molecule has 1 unspecified atom stereocenters. The first kappa shape index (κ1) is 17.0. The molecule has 25 heavy (non-hydrogen) atoms. The Balaban J connectivity index is 1.50. The number of hydrogen-bond donors (Lipinski definition) is 1. The van der Waals surface area contributed by atoms with Gasteiger partial charge in [-0.05, 0) is 23.6 Å². The van der Waals surface area contributed by atoms with Gasteiger partial charge in [0.2, 0.25) is 0 Å². The third-order valence-corrected chi connectivity index (χ3v) is 4.31. The number of ether oxygens (including phenoxy) is 1. The van der Waals surface area contributed by atoms with Crippen molar-refractivity contribution in [2.45, 2.75) is 19.3 Å². The van der Waals surface area contributed by atoms with Crippen LogP contribution in [0.5, 0.6) is 0 Å². The molecule has 3 aromatic rings. The number of rotatable bonds is 6. The zero-order chi connectivity index (χ0) is 17.6. The number of carbonyl (C=O) groups excluding carboxylic acids is 2. The lowest BCUT2D eigenvalue weighted by Crippen LogP contribution is -2.21. The summed E-state index contributed by atoms with van der Waals surface area (Å²) in [4.78, 5) is 23.9. The van der Waals surface area contributed by atoms with Crippen LogP contribution in [0.3, 0.4) is 0 Å². The molecule has 0 saturated carbocycles. The number of aromatic nitrogens is 2. The summed E-state index contributed by atoms with van der Waals surface area (Å²) in [5.74, 6) is -0.771. The minimum atomic E-state index is -0.403. The summed E-state index contributed by atoms with van der Waals surface area (Å²) in [6, 6.07) is 15.1. The Bertz CT molecular complexity index is 879. The van der Waals surface area contributed by atoms with Crippen molar-refractivity contribution in [3.63, 3.8) is 0 Å². The standard InChI is InChI=1S/C18H17N3O3S/c1-12(13-6-3-2-4-7-13)10-17(23)24-11-16(22)19-14-8-5-9-15-18(14)21-25-20-15/h2-9,12H,10-11H2,1H3,(H,19,22). The number of benzene rings is 2. The Morgan fingerprint density at radius 3 is 2.72 bits per heavy atom. The highest BCUT2D eigenvalue weighted by Crippen LogP contribution is 2.21. The molecule has 0 fully saturated rings. The molecule has 1 atom stereocenters. The molecular formula is C18H17N3O3S. The van der Waals surface area contributed by atoms with Gasteiger partial charge in [-0.3, -0.25) is 9.59 Å². The fraction of sp³-hybridized carbons (Fsp3) is 0.222. The van der Waals surface area contributed by atoms with Crippen molar-refractivity contribution in [3.8, 4) is 0 Å². The Hall–Kier alpha value is -2.80. The van der Waals surface area contributed by atoms with E-state index < -0.39 is 11.9 Å². The number of amides is 1. The lowest BCUT2D eigenvalue weighted by Gasteiger charge is -2.11. The topological polar surface area (TPSA) is 81.2 Å². The molecule has 1 heterocycles. The van der Waals surface area contributed by atoms with E-state index in [-0.39, 0.29) is 18.9 Å². The Kier molecular flexibility index (Phi) is 5.35. The van der Waals surface area contributed by atoms with E-state index in [1.165, 1.54) is 0 Å². The maximum atomic E-state index is 12.0. The van der Waals surface area contributed by atoms with Crippen molar-refractivity contribution in [1.29, 1.82) is 0 Å². The molecule has 3 rings (SSSR count). The van der Waals surface area contributed by atoms with Crippen LogP contribution in [-0.2, 0) is 14.3 Å². The van der Waals surface area contributed by atoms with Crippen LogP contribution >= 0.6 is 11.7 Å². The number of carbonyl (C=O) groups is 2. The maximum absolute atomic E-state index is 12.0. The first-order chi connectivity index (χ1) is 12.1. The van der Waals surface area contributed by atoms with Crippen LogP contribution in [0.1, 0.15) is 24.8 Å². The summed E-state index contributed by atoms with van der Waals surface area (Å²) < 4.78 is 13.3. The third-order valence-electron chi connectivity index (χ3n) is 3.77. The highest BCUT2D eigenvalue weighted by atomic mass is 32.1. The molecule has 6 nitrogen and oxygen atoms in total. The van der Waals surface area contributed by atoms with Crippen molar-refractivity contribution in [2.24, 2.45) is 0 Å². The lowest BCUT2D eigenvalue weighted by molar-refractivity contribution is -0.147. The minimum Gasteiger partial charge on any atom is -0.456 e. The van der Waals surface area contributed by atoms with Crippen molar-refractivity contribution in [3.05, 3.63) is 54.1 Å². The zero-order valence-corrected chi connectivity index (χ0v) is 14.5. The van der Waals surface area contributed by atoms with E-state index in [1.54, 1.807) is 12.1 Å². The Morgan fingerprint density at radius 2 is 1.92 bits per heavy atom. The van der Waals surface area contributed by atoms with Crippen LogP contribution in [0.2, 0.25) is 0 Å². The summed E-state index contributed by atoms with van der Waals surface area (Å²) in [7, 11) is 0. The SMILES string of the molecule is CC(CC(=O)OCC(=O)Nc1cccc2nsnc12)c1ccccc1. The molecule has 0 aliphatic carbocycles. The van der Waals surface area contributed by atoms with Crippen LogP contribution in [0, 0.1) is 0 Å². The van der Waals surface area contributed by atoms with Gasteiger partial charge in [-0.15, -0.1) is 0 Å². The smallest absolute Gasteiger partial charge is 0.306 e. The number of hydrogen-bond acceptors (Lipinski definition) is 6. The van der Waals surface area contributed by atoms with E-state index in [0.717, 1.165) is 22.8 Å². The average Bonchev–Trinajstić information content (AvgIpc) is 3.10. The van der Waals surface area contributed by atoms with E-state index in [9.17, 15) is 9.59 Å². The number of nitrogens with one attached hydrogen (secondary N) is 1. The van der Waals surface area contributed by atoms with Crippen molar-refractivity contribution < 1.29 is 14.3 Å². The van der Waals surface area contributed by atoms with Gasteiger partial charge in [-0.25, -0.2) is 0 Å². The predicted octanol–water partition coefficient (Wildman–Crippen LogP) is 3.37. The largest absolute Gasteiger partial charge is 0.456 e. The van der Waals surface area contributed by atoms with Gasteiger partial charge in [-0.1, -0.05) is 43.3 Å². The van der Waals surface area contributed by atoms with Gasteiger partial charge in [0, 0.05) is 0 Å². The molecule has 7 heteroatoms. The predicted molar refractivity (Wildman–Crippen MR) is 96.5 cm³/mol. The van der Waals surface area contributed by atoms with Crippen molar-refractivity contribution in [1.82, 2.24) is 8.75 Å². The zero-order valence-electron chi connectivity index (χ0n) is 13.6. The normalized spacial score (nSPS) is 11.9. The van der Waals surface area contributed by atoms with E-state index in [0.29, 0.717) is 11.2 Å². The van der Waals surface area contributed by atoms with Gasteiger partial charge < -0.3 is 10.1 Å². The van der Waals surface area contributed by atoms with E-state index in [2.05, 4.69) is 14.1 Å². The lowest BCUT2D eigenvalue weighted by atomic mass is 9.98. The van der Waals surface area contributed by atoms with Gasteiger partial charge in [0.1, 0.15) is 11.0 Å². The molecule has 0 bridgehead atoms. The second-order valence-corrected chi connectivity index (χ2v) is 6.19. The van der Waals surface area contributed by atoms with Gasteiger partial charge >= 0.3 is 5.97 Å². The van der Waals surface area contributed by atoms with E-state index in [1.807, 2.05) is 43.3 Å².